The molecule has 6 nitrogen and oxygen atoms in total. The van der Waals surface area contributed by atoms with E-state index in [-0.39, 0.29) is 24.1 Å². The van der Waals surface area contributed by atoms with Gasteiger partial charge < -0.3 is 10.2 Å². The Labute approximate surface area is 125 Å². The molecule has 1 amide bonds. The van der Waals surface area contributed by atoms with E-state index in [4.69, 9.17) is 0 Å². The molecule has 0 radical (unpaired) electrons. The fourth-order valence-electron chi connectivity index (χ4n) is 2.27. The molecular weight excluding hydrogens is 326 g/mol. The maximum atomic E-state index is 12.3. The molecule has 1 saturated heterocycles. The van der Waals surface area contributed by atoms with Gasteiger partial charge in [0, 0.05) is 42.3 Å². The van der Waals surface area contributed by atoms with Gasteiger partial charge in [0.25, 0.3) is 5.69 Å². The standard InChI is InChI=1S/C13H16BrN3O3/c1-9-8-15-4-5-16(9)13(18)6-10-2-3-11(17(19)20)7-12(10)14/h2-3,7,9,15H,4-6,8H2,1H3/t9-/m0/s1. The molecule has 0 saturated carbocycles. The number of hydrogen-bond acceptors (Lipinski definition) is 4. The number of hydrogen-bond donors (Lipinski definition) is 1. The Balaban J connectivity index is 2.09. The van der Waals surface area contributed by atoms with Crippen molar-refractivity contribution in [2.24, 2.45) is 0 Å². The first-order valence-corrected chi connectivity index (χ1v) is 7.21. The van der Waals surface area contributed by atoms with Gasteiger partial charge in [-0.2, -0.15) is 0 Å². The molecule has 1 heterocycles. The molecule has 1 aromatic carbocycles. The summed E-state index contributed by atoms with van der Waals surface area (Å²) in [6.07, 6.45) is 0.253. The second-order valence-electron chi connectivity index (χ2n) is 4.85. The zero-order chi connectivity index (χ0) is 14.7. The number of nitro benzene ring substituents is 1. The van der Waals surface area contributed by atoms with Crippen molar-refractivity contribution in [1.82, 2.24) is 10.2 Å². The highest BCUT2D eigenvalue weighted by Crippen LogP contribution is 2.24. The summed E-state index contributed by atoms with van der Waals surface area (Å²) in [7, 11) is 0. The SMILES string of the molecule is C[C@H]1CNCCN1C(=O)Cc1ccc([N+](=O)[O-])cc1Br. The maximum Gasteiger partial charge on any atom is 0.270 e. The van der Waals surface area contributed by atoms with E-state index in [9.17, 15) is 14.9 Å². The Hall–Kier alpha value is -1.47. The first kappa shape index (κ1) is 14.9. The molecule has 20 heavy (non-hydrogen) atoms. The Morgan fingerprint density at radius 1 is 1.60 bits per heavy atom. The zero-order valence-electron chi connectivity index (χ0n) is 11.1. The smallest absolute Gasteiger partial charge is 0.270 e. The zero-order valence-corrected chi connectivity index (χ0v) is 12.7. The van der Waals surface area contributed by atoms with Crippen molar-refractivity contribution in [1.29, 1.82) is 0 Å². The van der Waals surface area contributed by atoms with Crippen LogP contribution >= 0.6 is 15.9 Å². The van der Waals surface area contributed by atoms with Crippen molar-refractivity contribution < 1.29 is 9.72 Å². The molecule has 0 bridgehead atoms. The fourth-order valence-corrected chi connectivity index (χ4v) is 2.78. The van der Waals surface area contributed by atoms with Gasteiger partial charge in [0.05, 0.1) is 11.3 Å². The number of nitrogens with zero attached hydrogens (tertiary/aromatic N) is 2. The molecular formula is C13H16BrN3O3. The molecule has 0 aliphatic carbocycles. The summed E-state index contributed by atoms with van der Waals surface area (Å²) >= 11 is 3.30. The monoisotopic (exact) mass is 341 g/mol. The van der Waals surface area contributed by atoms with Crippen LogP contribution in [0.1, 0.15) is 12.5 Å². The third-order valence-corrected chi connectivity index (χ3v) is 4.15. The molecule has 1 aliphatic rings. The van der Waals surface area contributed by atoms with Gasteiger partial charge >= 0.3 is 0 Å². The van der Waals surface area contributed by atoms with Crippen LogP contribution < -0.4 is 5.32 Å². The summed E-state index contributed by atoms with van der Waals surface area (Å²) in [5.41, 5.74) is 0.787. The van der Waals surface area contributed by atoms with E-state index in [0.29, 0.717) is 11.0 Å². The highest BCUT2D eigenvalue weighted by Gasteiger charge is 2.23. The van der Waals surface area contributed by atoms with E-state index in [1.165, 1.54) is 12.1 Å². The Morgan fingerprint density at radius 3 is 2.95 bits per heavy atom. The number of rotatable bonds is 3. The largest absolute Gasteiger partial charge is 0.337 e. The molecule has 1 atom stereocenters. The molecule has 1 fully saturated rings. The van der Waals surface area contributed by atoms with Crippen molar-refractivity contribution >= 4 is 27.5 Å². The van der Waals surface area contributed by atoms with Crippen molar-refractivity contribution in [2.45, 2.75) is 19.4 Å². The number of nitro groups is 1. The van der Waals surface area contributed by atoms with E-state index in [1.54, 1.807) is 6.07 Å². The number of carbonyl (C=O) groups is 1. The normalized spacial score (nSPS) is 18.9. The molecule has 7 heteroatoms. The van der Waals surface area contributed by atoms with Gasteiger partial charge in [-0.25, -0.2) is 0 Å². The van der Waals surface area contributed by atoms with Crippen LogP contribution in [0.25, 0.3) is 0 Å². The number of nitrogens with one attached hydrogen (secondary N) is 1. The third-order valence-electron chi connectivity index (χ3n) is 3.41. The summed E-state index contributed by atoms with van der Waals surface area (Å²) < 4.78 is 0.600. The molecule has 2 rings (SSSR count). The Kier molecular flexibility index (Phi) is 4.72. The lowest BCUT2D eigenvalue weighted by Crippen LogP contribution is -2.52. The van der Waals surface area contributed by atoms with Crippen LogP contribution in [-0.2, 0) is 11.2 Å². The molecule has 1 aromatic rings. The minimum atomic E-state index is -0.450. The van der Waals surface area contributed by atoms with Gasteiger partial charge in [-0.05, 0) is 12.5 Å². The van der Waals surface area contributed by atoms with E-state index >= 15 is 0 Å². The summed E-state index contributed by atoms with van der Waals surface area (Å²) in [6.45, 7) is 4.31. The van der Waals surface area contributed by atoms with Gasteiger partial charge in [0.2, 0.25) is 5.91 Å². The minimum absolute atomic E-state index is 0.0172. The van der Waals surface area contributed by atoms with Crippen molar-refractivity contribution in [2.75, 3.05) is 19.6 Å². The van der Waals surface area contributed by atoms with Crippen LogP contribution in [0.5, 0.6) is 0 Å². The Bertz CT molecular complexity index is 536. The second-order valence-corrected chi connectivity index (χ2v) is 5.70. The predicted octanol–water partition coefficient (Wildman–Crippen LogP) is 1.72. The third kappa shape index (κ3) is 3.34. The lowest BCUT2D eigenvalue weighted by molar-refractivity contribution is -0.384. The van der Waals surface area contributed by atoms with Gasteiger partial charge in [0.15, 0.2) is 0 Å². The molecule has 1 N–H and O–H groups in total. The van der Waals surface area contributed by atoms with E-state index in [2.05, 4.69) is 21.2 Å². The molecule has 0 unspecified atom stereocenters. The van der Waals surface area contributed by atoms with Gasteiger partial charge in [-0.3, -0.25) is 14.9 Å². The van der Waals surface area contributed by atoms with Crippen LogP contribution in [0.2, 0.25) is 0 Å². The number of amides is 1. The number of carbonyl (C=O) groups excluding carboxylic acids is 1. The average Bonchev–Trinajstić information content (AvgIpc) is 2.41. The van der Waals surface area contributed by atoms with E-state index in [0.717, 1.165) is 18.7 Å². The van der Waals surface area contributed by atoms with Crippen LogP contribution in [-0.4, -0.2) is 41.4 Å². The molecule has 1 aliphatic heterocycles. The summed E-state index contributed by atoms with van der Waals surface area (Å²) in [5, 5.41) is 13.9. The quantitative estimate of drug-likeness (QED) is 0.670. The van der Waals surface area contributed by atoms with Crippen LogP contribution in [0.15, 0.2) is 22.7 Å². The molecule has 0 aromatic heterocycles. The lowest BCUT2D eigenvalue weighted by Gasteiger charge is -2.34. The number of non-ortho nitro benzene ring substituents is 1. The molecule has 108 valence electrons. The van der Waals surface area contributed by atoms with Crippen LogP contribution in [0, 0.1) is 10.1 Å². The summed E-state index contributed by atoms with van der Waals surface area (Å²) in [5.74, 6) is 0.0496. The van der Waals surface area contributed by atoms with Crippen LogP contribution in [0.3, 0.4) is 0 Å². The van der Waals surface area contributed by atoms with Crippen molar-refractivity contribution in [3.05, 3.63) is 38.3 Å². The Morgan fingerprint density at radius 2 is 2.35 bits per heavy atom. The highest BCUT2D eigenvalue weighted by molar-refractivity contribution is 9.10. The van der Waals surface area contributed by atoms with E-state index < -0.39 is 4.92 Å². The topological polar surface area (TPSA) is 75.5 Å². The first-order chi connectivity index (χ1) is 9.49. The summed E-state index contributed by atoms with van der Waals surface area (Å²) in [4.78, 5) is 24.4. The number of benzene rings is 1. The van der Waals surface area contributed by atoms with E-state index in [1.807, 2.05) is 11.8 Å². The van der Waals surface area contributed by atoms with Gasteiger partial charge in [0.1, 0.15) is 0 Å². The lowest BCUT2D eigenvalue weighted by atomic mass is 10.1. The summed E-state index contributed by atoms with van der Waals surface area (Å²) in [6, 6.07) is 4.67. The van der Waals surface area contributed by atoms with Gasteiger partial charge in [-0.15, -0.1) is 0 Å². The first-order valence-electron chi connectivity index (χ1n) is 6.42. The van der Waals surface area contributed by atoms with Crippen LogP contribution in [0.4, 0.5) is 5.69 Å². The average molecular weight is 342 g/mol. The highest BCUT2D eigenvalue weighted by atomic mass is 79.9. The number of halogens is 1. The molecule has 0 spiro atoms. The fraction of sp³-hybridized carbons (Fsp3) is 0.462. The maximum absolute atomic E-state index is 12.3. The predicted molar refractivity (Wildman–Crippen MR) is 78.5 cm³/mol. The van der Waals surface area contributed by atoms with Crippen molar-refractivity contribution in [3.8, 4) is 0 Å². The van der Waals surface area contributed by atoms with Crippen molar-refractivity contribution in [3.63, 3.8) is 0 Å². The minimum Gasteiger partial charge on any atom is -0.337 e. The second kappa shape index (κ2) is 6.32. The van der Waals surface area contributed by atoms with Gasteiger partial charge in [-0.1, -0.05) is 22.0 Å². The number of piperazine rings is 1.